The smallest absolute Gasteiger partial charge is 0.316 e. The summed E-state index contributed by atoms with van der Waals surface area (Å²) in [6.07, 6.45) is 0. The molecule has 0 fully saturated rings. The number of anilines is 2. The van der Waals surface area contributed by atoms with Crippen molar-refractivity contribution in [2.75, 3.05) is 11.1 Å². The molecule has 0 radical (unpaired) electrons. The maximum absolute atomic E-state index is 10.3. The Kier molecular flexibility index (Phi) is 1.77. The van der Waals surface area contributed by atoms with E-state index in [0.717, 1.165) is 0 Å². The van der Waals surface area contributed by atoms with Crippen LogP contribution in [0.3, 0.4) is 0 Å². The normalized spacial score (nSPS) is 9.20. The summed E-state index contributed by atoms with van der Waals surface area (Å²) in [4.78, 5) is 10.3. The molecule has 0 spiro atoms. The highest BCUT2D eigenvalue weighted by Crippen LogP contribution is 2.23. The minimum absolute atomic E-state index is 0.568. The quantitative estimate of drug-likeness (QED) is 0.564. The van der Waals surface area contributed by atoms with E-state index < -0.39 is 6.03 Å². The molecule has 0 aliphatic heterocycles. The summed E-state index contributed by atoms with van der Waals surface area (Å²) in [6.45, 7) is 0. The molecule has 1 heterocycles. The first-order valence-corrected chi connectivity index (χ1v) is 3.47. The lowest BCUT2D eigenvalue weighted by molar-refractivity contribution is 0.259. The van der Waals surface area contributed by atoms with Gasteiger partial charge in [-0.25, -0.2) is 4.79 Å². The summed E-state index contributed by atoms with van der Waals surface area (Å²) >= 11 is 1.35. The molecule has 0 atom stereocenters. The third kappa shape index (κ3) is 1.38. The molecule has 5 N–H and O–H groups in total. The number of amides is 2. The number of nitrogens with two attached hydrogens (primary N) is 2. The third-order valence-electron chi connectivity index (χ3n) is 0.953. The van der Waals surface area contributed by atoms with Crippen LogP contribution in [0, 0.1) is 0 Å². The number of nitrogen functional groups attached to an aromatic ring is 1. The summed E-state index contributed by atoms with van der Waals surface area (Å²) in [5, 5.41) is 4.72. The summed E-state index contributed by atoms with van der Waals surface area (Å²) in [7, 11) is 0. The van der Waals surface area contributed by atoms with E-state index in [0.29, 0.717) is 10.7 Å². The van der Waals surface area contributed by atoms with Gasteiger partial charge in [0.25, 0.3) is 0 Å². The molecule has 1 rings (SSSR count). The van der Waals surface area contributed by atoms with Crippen molar-refractivity contribution in [2.45, 2.75) is 0 Å². The van der Waals surface area contributed by atoms with Crippen LogP contribution < -0.4 is 16.8 Å². The van der Waals surface area contributed by atoms with Crippen molar-refractivity contribution in [3.05, 3.63) is 11.4 Å². The number of hydrogen-bond donors (Lipinski definition) is 3. The van der Waals surface area contributed by atoms with Gasteiger partial charge in [-0.2, -0.15) is 0 Å². The fraction of sp³-hybridized carbons (Fsp3) is 0. The Bertz CT molecular complexity index is 245. The van der Waals surface area contributed by atoms with Gasteiger partial charge in [0, 0.05) is 0 Å². The fourth-order valence-corrected chi connectivity index (χ4v) is 1.15. The predicted molar refractivity (Wildman–Crippen MR) is 41.9 cm³/mol. The molecule has 1 aromatic heterocycles. The molecule has 0 aromatic carbocycles. The first-order chi connectivity index (χ1) is 4.70. The van der Waals surface area contributed by atoms with Crippen LogP contribution >= 0.6 is 11.3 Å². The molecule has 4 nitrogen and oxygen atoms in total. The molecule has 0 bridgehead atoms. The van der Waals surface area contributed by atoms with Crippen molar-refractivity contribution >= 4 is 28.1 Å². The van der Waals surface area contributed by atoms with Crippen LogP contribution in [-0.2, 0) is 0 Å². The second kappa shape index (κ2) is 2.57. The van der Waals surface area contributed by atoms with Crippen LogP contribution in [0.15, 0.2) is 11.4 Å². The molecule has 0 aliphatic rings. The van der Waals surface area contributed by atoms with Gasteiger partial charge in [-0.3, -0.25) is 0 Å². The minimum atomic E-state index is -0.592. The molecule has 54 valence electrons. The van der Waals surface area contributed by atoms with Crippen LogP contribution in [0.25, 0.3) is 0 Å². The molecule has 0 unspecified atom stereocenters. The summed E-state index contributed by atoms with van der Waals surface area (Å²) in [6, 6.07) is 1.11. The zero-order chi connectivity index (χ0) is 7.56. The van der Waals surface area contributed by atoms with Gasteiger partial charge >= 0.3 is 6.03 Å². The summed E-state index contributed by atoms with van der Waals surface area (Å²) in [5.41, 5.74) is 10.9. The third-order valence-corrected chi connectivity index (χ3v) is 1.70. The Hall–Kier alpha value is -1.23. The van der Waals surface area contributed by atoms with Crippen LogP contribution in [0.2, 0.25) is 0 Å². The number of urea groups is 1. The Morgan fingerprint density at radius 2 is 2.40 bits per heavy atom. The van der Waals surface area contributed by atoms with Gasteiger partial charge in [0.15, 0.2) is 0 Å². The molecule has 5 heteroatoms. The number of nitrogens with one attached hydrogen (secondary N) is 1. The van der Waals surface area contributed by atoms with E-state index in [1.807, 2.05) is 0 Å². The Labute approximate surface area is 61.8 Å². The van der Waals surface area contributed by atoms with Crippen molar-refractivity contribution in [3.8, 4) is 0 Å². The summed E-state index contributed by atoms with van der Waals surface area (Å²) < 4.78 is 0. The number of rotatable bonds is 1. The monoisotopic (exact) mass is 157 g/mol. The minimum Gasteiger partial charge on any atom is -0.389 e. The van der Waals surface area contributed by atoms with E-state index in [4.69, 9.17) is 11.5 Å². The maximum atomic E-state index is 10.3. The zero-order valence-electron chi connectivity index (χ0n) is 5.13. The van der Waals surface area contributed by atoms with Crippen LogP contribution in [0.5, 0.6) is 0 Å². The first-order valence-electron chi connectivity index (χ1n) is 2.59. The molecule has 0 aliphatic carbocycles. The van der Waals surface area contributed by atoms with Gasteiger partial charge in [0.1, 0.15) is 5.00 Å². The number of thiophene rings is 1. The van der Waals surface area contributed by atoms with Crippen molar-refractivity contribution in [1.82, 2.24) is 0 Å². The van der Waals surface area contributed by atoms with Crippen molar-refractivity contribution < 1.29 is 4.79 Å². The van der Waals surface area contributed by atoms with Gasteiger partial charge in [-0.1, -0.05) is 0 Å². The lowest BCUT2D eigenvalue weighted by Gasteiger charge is -1.96. The molecular weight excluding hydrogens is 150 g/mol. The van der Waals surface area contributed by atoms with E-state index >= 15 is 0 Å². The SMILES string of the molecule is NC(=O)Nc1ccsc1N. The van der Waals surface area contributed by atoms with Gasteiger partial charge in [-0.05, 0) is 11.4 Å². The average molecular weight is 157 g/mol. The predicted octanol–water partition coefficient (Wildman–Crippen LogP) is 0.821. The average Bonchev–Trinajstić information content (AvgIpc) is 2.15. The van der Waals surface area contributed by atoms with E-state index in [2.05, 4.69) is 5.32 Å². The highest BCUT2D eigenvalue weighted by molar-refractivity contribution is 7.14. The van der Waals surface area contributed by atoms with Crippen molar-refractivity contribution in [1.29, 1.82) is 0 Å². The standard InChI is InChI=1S/C5H7N3OS/c6-4-3(1-2-10-4)8-5(7)9/h1-2H,6H2,(H3,7,8,9). The van der Waals surface area contributed by atoms with E-state index in [1.54, 1.807) is 11.4 Å². The molecule has 2 amide bonds. The molecular formula is C5H7N3OS. The Morgan fingerprint density at radius 3 is 2.80 bits per heavy atom. The highest BCUT2D eigenvalue weighted by Gasteiger charge is 2.00. The number of primary amides is 1. The molecule has 0 saturated carbocycles. The van der Waals surface area contributed by atoms with Crippen LogP contribution in [-0.4, -0.2) is 6.03 Å². The number of carbonyl (C=O) groups is 1. The number of hydrogen-bond acceptors (Lipinski definition) is 3. The summed E-state index contributed by atoms with van der Waals surface area (Å²) in [5.74, 6) is 0. The van der Waals surface area contributed by atoms with Crippen LogP contribution in [0.1, 0.15) is 0 Å². The Morgan fingerprint density at radius 1 is 1.70 bits per heavy atom. The second-order valence-electron chi connectivity index (χ2n) is 1.69. The fourth-order valence-electron chi connectivity index (χ4n) is 0.557. The van der Waals surface area contributed by atoms with Crippen molar-refractivity contribution in [3.63, 3.8) is 0 Å². The van der Waals surface area contributed by atoms with Crippen molar-refractivity contribution in [2.24, 2.45) is 5.73 Å². The Balaban J connectivity index is 2.74. The van der Waals surface area contributed by atoms with Gasteiger partial charge in [-0.15, -0.1) is 11.3 Å². The first kappa shape index (κ1) is 6.88. The number of carbonyl (C=O) groups excluding carboxylic acids is 1. The lowest BCUT2D eigenvalue weighted by atomic mass is 10.5. The molecule has 10 heavy (non-hydrogen) atoms. The maximum Gasteiger partial charge on any atom is 0.316 e. The van der Waals surface area contributed by atoms with E-state index in [9.17, 15) is 4.79 Å². The largest absolute Gasteiger partial charge is 0.389 e. The lowest BCUT2D eigenvalue weighted by Crippen LogP contribution is -2.19. The van der Waals surface area contributed by atoms with Gasteiger partial charge in [0.2, 0.25) is 0 Å². The highest BCUT2D eigenvalue weighted by atomic mass is 32.1. The van der Waals surface area contributed by atoms with Gasteiger partial charge in [0.05, 0.1) is 5.69 Å². The topological polar surface area (TPSA) is 81.1 Å². The molecule has 1 aromatic rings. The van der Waals surface area contributed by atoms with E-state index in [1.165, 1.54) is 11.3 Å². The van der Waals surface area contributed by atoms with Gasteiger partial charge < -0.3 is 16.8 Å². The molecule has 0 saturated heterocycles. The van der Waals surface area contributed by atoms with E-state index in [-0.39, 0.29) is 0 Å². The zero-order valence-corrected chi connectivity index (χ0v) is 5.94. The van der Waals surface area contributed by atoms with Crippen LogP contribution in [0.4, 0.5) is 15.5 Å². The second-order valence-corrected chi connectivity index (χ2v) is 2.64.